The van der Waals surface area contributed by atoms with Crippen LogP contribution in [0.3, 0.4) is 0 Å². The van der Waals surface area contributed by atoms with Crippen molar-refractivity contribution in [1.82, 2.24) is 0 Å². The maximum Gasteiger partial charge on any atom is 0.107 e. The lowest BCUT2D eigenvalue weighted by molar-refractivity contribution is 0.278. The predicted molar refractivity (Wildman–Crippen MR) is 91.6 cm³/mol. The largest absolute Gasteiger partial charge is 0.389 e. The molecule has 110 valence electrons. The first-order chi connectivity index (χ1) is 9.61. The lowest BCUT2D eigenvalue weighted by atomic mass is 9.81. The maximum atomic E-state index is 6.18. The number of rotatable bonds is 5. The van der Waals surface area contributed by atoms with E-state index in [4.69, 9.17) is 29.6 Å². The van der Waals surface area contributed by atoms with Crippen LogP contribution in [0.5, 0.6) is 0 Å². The van der Waals surface area contributed by atoms with Gasteiger partial charge in [0, 0.05) is 12.2 Å². The van der Waals surface area contributed by atoms with Crippen molar-refractivity contribution in [2.75, 3.05) is 11.9 Å². The number of hydrogen-bond acceptors (Lipinski definition) is 2. The molecule has 0 bridgehead atoms. The Morgan fingerprint density at radius 3 is 2.55 bits per heavy atom. The zero-order valence-electron chi connectivity index (χ0n) is 12.0. The van der Waals surface area contributed by atoms with Gasteiger partial charge in [-0.15, -0.1) is 0 Å². The highest BCUT2D eigenvalue weighted by atomic mass is 35.5. The van der Waals surface area contributed by atoms with Crippen LogP contribution in [-0.2, 0) is 0 Å². The molecule has 2 rings (SSSR count). The summed E-state index contributed by atoms with van der Waals surface area (Å²) in [7, 11) is 0. The molecule has 4 heteroatoms. The Hall–Kier alpha value is -0.800. The number of anilines is 1. The van der Waals surface area contributed by atoms with Gasteiger partial charge in [-0.3, -0.25) is 0 Å². The summed E-state index contributed by atoms with van der Waals surface area (Å²) >= 11 is 11.3. The zero-order valence-corrected chi connectivity index (χ0v) is 13.6. The fourth-order valence-electron chi connectivity index (χ4n) is 3.02. The molecule has 1 fully saturated rings. The van der Waals surface area contributed by atoms with Gasteiger partial charge in [-0.1, -0.05) is 56.1 Å². The molecule has 0 atom stereocenters. The van der Waals surface area contributed by atoms with Gasteiger partial charge in [0.05, 0.1) is 10.6 Å². The Morgan fingerprint density at radius 1 is 1.30 bits per heavy atom. The molecule has 1 saturated carbocycles. The van der Waals surface area contributed by atoms with Crippen molar-refractivity contribution in [3.8, 4) is 0 Å². The van der Waals surface area contributed by atoms with Crippen molar-refractivity contribution >= 4 is 34.5 Å². The third kappa shape index (κ3) is 3.86. The van der Waals surface area contributed by atoms with Gasteiger partial charge in [0.2, 0.25) is 0 Å². The normalized spacial score (nSPS) is 22.5. The van der Waals surface area contributed by atoms with Crippen LogP contribution < -0.4 is 11.1 Å². The van der Waals surface area contributed by atoms with Gasteiger partial charge in [0.25, 0.3) is 0 Å². The summed E-state index contributed by atoms with van der Waals surface area (Å²) in [6.07, 6.45) is 6.67. The fourth-order valence-corrected chi connectivity index (χ4v) is 3.57. The Balaban J connectivity index is 1.95. The zero-order chi connectivity index (χ0) is 14.5. The van der Waals surface area contributed by atoms with Crippen molar-refractivity contribution in [3.63, 3.8) is 0 Å². The Bertz CT molecular complexity index is 468. The molecule has 0 amide bonds. The van der Waals surface area contributed by atoms with Gasteiger partial charge in [-0.2, -0.15) is 0 Å². The van der Waals surface area contributed by atoms with Crippen molar-refractivity contribution in [2.45, 2.75) is 39.0 Å². The summed E-state index contributed by atoms with van der Waals surface area (Å²) in [4.78, 5) is 0.354. The van der Waals surface area contributed by atoms with Crippen LogP contribution in [0, 0.1) is 11.8 Å². The summed E-state index contributed by atoms with van der Waals surface area (Å²) in [5.74, 6) is 1.68. The van der Waals surface area contributed by atoms with Crippen LogP contribution in [0.15, 0.2) is 18.2 Å². The van der Waals surface area contributed by atoms with E-state index in [1.165, 1.54) is 32.1 Å². The maximum absolute atomic E-state index is 6.18. The lowest BCUT2D eigenvalue weighted by Crippen LogP contribution is -2.22. The summed E-state index contributed by atoms with van der Waals surface area (Å²) < 4.78 is 0. The van der Waals surface area contributed by atoms with E-state index in [0.29, 0.717) is 10.0 Å². The van der Waals surface area contributed by atoms with E-state index in [-0.39, 0.29) is 0 Å². The summed E-state index contributed by atoms with van der Waals surface area (Å²) in [6, 6.07) is 5.76. The fraction of sp³-hybridized carbons (Fsp3) is 0.562. The first kappa shape index (κ1) is 15.6. The first-order valence-corrected chi connectivity index (χ1v) is 8.22. The molecule has 20 heavy (non-hydrogen) atoms. The van der Waals surface area contributed by atoms with Gasteiger partial charge in [-0.25, -0.2) is 0 Å². The molecule has 0 saturated heterocycles. The molecule has 0 aliphatic heterocycles. The second kappa shape index (κ2) is 7.28. The van der Waals surface area contributed by atoms with Gasteiger partial charge in [-0.05, 0) is 36.8 Å². The Morgan fingerprint density at radius 2 is 1.95 bits per heavy atom. The minimum absolute atomic E-state index is 0.354. The number of nitrogens with two attached hydrogens (primary N) is 1. The van der Waals surface area contributed by atoms with Crippen LogP contribution in [0.2, 0.25) is 5.02 Å². The second-order valence-electron chi connectivity index (χ2n) is 5.70. The average Bonchev–Trinajstić information content (AvgIpc) is 2.45. The lowest BCUT2D eigenvalue weighted by Gasteiger charge is -2.28. The molecule has 1 aromatic carbocycles. The monoisotopic (exact) mass is 310 g/mol. The van der Waals surface area contributed by atoms with E-state index in [1.54, 1.807) is 0 Å². The molecule has 1 aliphatic rings. The van der Waals surface area contributed by atoms with Crippen LogP contribution in [-0.4, -0.2) is 11.5 Å². The molecule has 0 unspecified atom stereocenters. The Labute approximate surface area is 132 Å². The van der Waals surface area contributed by atoms with Crippen LogP contribution in [0.1, 0.15) is 44.6 Å². The number of benzene rings is 1. The predicted octanol–water partition coefficient (Wildman–Crippen LogP) is 4.60. The van der Waals surface area contributed by atoms with E-state index in [1.807, 2.05) is 18.2 Å². The number of nitrogens with one attached hydrogen (secondary N) is 1. The molecule has 0 heterocycles. The molecular weight excluding hydrogens is 288 g/mol. The summed E-state index contributed by atoms with van der Waals surface area (Å²) in [5, 5.41) is 4.11. The third-order valence-electron chi connectivity index (χ3n) is 4.38. The second-order valence-corrected chi connectivity index (χ2v) is 6.55. The minimum Gasteiger partial charge on any atom is -0.389 e. The average molecular weight is 311 g/mol. The van der Waals surface area contributed by atoms with Crippen LogP contribution >= 0.6 is 23.8 Å². The van der Waals surface area contributed by atoms with Crippen molar-refractivity contribution in [2.24, 2.45) is 17.6 Å². The molecule has 0 aromatic heterocycles. The number of thiocarbonyl (C=S) groups is 1. The molecule has 1 aromatic rings. The molecule has 0 radical (unpaired) electrons. The van der Waals surface area contributed by atoms with E-state index in [2.05, 4.69) is 12.2 Å². The van der Waals surface area contributed by atoms with E-state index in [0.717, 1.165) is 29.6 Å². The SMILES string of the molecule is CCC1CCC(CNc2cccc(Cl)c2C(N)=S)CC1. The number of hydrogen-bond donors (Lipinski definition) is 2. The molecule has 1 aliphatic carbocycles. The van der Waals surface area contributed by atoms with Crippen molar-refractivity contribution in [3.05, 3.63) is 28.8 Å². The van der Waals surface area contributed by atoms with E-state index in [9.17, 15) is 0 Å². The van der Waals surface area contributed by atoms with Gasteiger partial charge in [0.1, 0.15) is 4.99 Å². The smallest absolute Gasteiger partial charge is 0.107 e. The molecule has 0 spiro atoms. The highest BCUT2D eigenvalue weighted by Gasteiger charge is 2.20. The highest BCUT2D eigenvalue weighted by Crippen LogP contribution is 2.31. The molecule has 3 N–H and O–H groups in total. The van der Waals surface area contributed by atoms with E-state index >= 15 is 0 Å². The summed E-state index contributed by atoms with van der Waals surface area (Å²) in [5.41, 5.74) is 7.50. The third-order valence-corrected chi connectivity index (χ3v) is 4.90. The van der Waals surface area contributed by atoms with Gasteiger partial charge < -0.3 is 11.1 Å². The summed E-state index contributed by atoms with van der Waals surface area (Å²) in [6.45, 7) is 3.27. The van der Waals surface area contributed by atoms with Crippen LogP contribution in [0.4, 0.5) is 5.69 Å². The van der Waals surface area contributed by atoms with Crippen LogP contribution in [0.25, 0.3) is 0 Å². The minimum atomic E-state index is 0.354. The van der Waals surface area contributed by atoms with Gasteiger partial charge in [0.15, 0.2) is 0 Å². The van der Waals surface area contributed by atoms with Crippen molar-refractivity contribution in [1.29, 1.82) is 0 Å². The Kier molecular flexibility index (Phi) is 5.67. The van der Waals surface area contributed by atoms with E-state index < -0.39 is 0 Å². The first-order valence-electron chi connectivity index (χ1n) is 7.44. The standard InChI is InChI=1S/C16H23ClN2S/c1-2-11-6-8-12(9-7-11)10-19-14-5-3-4-13(17)15(14)16(18)20/h3-5,11-12,19H,2,6-10H2,1H3,(H2,18,20). The molecule has 2 nitrogen and oxygen atoms in total. The quantitative estimate of drug-likeness (QED) is 0.780. The number of halogens is 1. The molecular formula is C16H23ClN2S. The highest BCUT2D eigenvalue weighted by molar-refractivity contribution is 7.80. The van der Waals surface area contributed by atoms with Crippen molar-refractivity contribution < 1.29 is 0 Å². The topological polar surface area (TPSA) is 38.0 Å². The van der Waals surface area contributed by atoms with Gasteiger partial charge >= 0.3 is 0 Å².